The van der Waals surface area contributed by atoms with E-state index in [9.17, 15) is 13.8 Å². The van der Waals surface area contributed by atoms with Crippen molar-refractivity contribution in [3.63, 3.8) is 0 Å². The summed E-state index contributed by atoms with van der Waals surface area (Å²) in [5.74, 6) is -0.455. The minimum Gasteiger partial charge on any atom is -0.409 e. The second kappa shape index (κ2) is 8.89. The Morgan fingerprint density at radius 3 is 2.85 bits per heavy atom. The molecular weight excluding hydrogens is 389 g/mol. The van der Waals surface area contributed by atoms with Crippen molar-refractivity contribution in [3.05, 3.63) is 34.7 Å². The molecule has 0 fully saturated rings. The molecule has 0 unspecified atom stereocenters. The number of thiol groups is 1. The maximum Gasteiger partial charge on any atom is 0.203 e. The van der Waals surface area contributed by atoms with Gasteiger partial charge in [0.05, 0.1) is 5.02 Å². The minimum atomic E-state index is -2.59. The van der Waals surface area contributed by atoms with Crippen molar-refractivity contribution in [2.75, 3.05) is 37.0 Å². The van der Waals surface area contributed by atoms with E-state index in [1.54, 1.807) is 13.3 Å². The van der Waals surface area contributed by atoms with Crippen molar-refractivity contribution < 1.29 is 18.4 Å². The summed E-state index contributed by atoms with van der Waals surface area (Å²) < 4.78 is 35.2. The van der Waals surface area contributed by atoms with Crippen LogP contribution in [0.25, 0.3) is 0 Å². The van der Waals surface area contributed by atoms with Crippen LogP contribution < -0.4 is 20.1 Å². The minimum absolute atomic E-state index is 0.0826. The molecule has 0 atom stereocenters. The molecule has 0 saturated heterocycles. The topological polar surface area (TPSA) is 137 Å². The summed E-state index contributed by atoms with van der Waals surface area (Å²) in [5, 5.41) is 25.3. The highest BCUT2D eigenvalue weighted by atomic mass is 35.5. The third kappa shape index (κ3) is 5.36. The predicted octanol–water partition coefficient (Wildman–Crippen LogP) is 0.807. The zero-order valence-electron chi connectivity index (χ0n) is 14.0. The monoisotopic (exact) mass is 407 g/mol. The predicted molar refractivity (Wildman–Crippen MR) is 98.7 cm³/mol. The van der Waals surface area contributed by atoms with Crippen LogP contribution in [0, 0.1) is 5.82 Å². The van der Waals surface area contributed by atoms with Crippen LogP contribution in [0.1, 0.15) is 5.69 Å². The smallest absolute Gasteiger partial charge is 0.203 e. The second-order valence-electron chi connectivity index (χ2n) is 5.15. The number of nitrogens with zero attached hydrogens (tertiary/aromatic N) is 3. The molecule has 0 spiro atoms. The molecule has 26 heavy (non-hydrogen) atoms. The molecule has 0 radical (unpaired) electrons. The van der Waals surface area contributed by atoms with E-state index in [1.807, 2.05) is 0 Å². The number of amidine groups is 1. The van der Waals surface area contributed by atoms with Gasteiger partial charge in [-0.2, -0.15) is 0 Å². The van der Waals surface area contributed by atoms with E-state index in [4.69, 9.17) is 11.6 Å². The van der Waals surface area contributed by atoms with E-state index in [0.717, 1.165) is 6.07 Å². The molecule has 0 aliphatic rings. The summed E-state index contributed by atoms with van der Waals surface area (Å²) in [6, 6.07) is 3.90. The lowest BCUT2D eigenvalue weighted by Gasteiger charge is -2.19. The van der Waals surface area contributed by atoms with Crippen molar-refractivity contribution >= 4 is 39.2 Å². The third-order valence-corrected chi connectivity index (χ3v) is 5.22. The van der Waals surface area contributed by atoms with E-state index in [1.165, 1.54) is 12.1 Å². The first kappa shape index (κ1) is 20.0. The molecule has 0 aliphatic heterocycles. The fourth-order valence-electron chi connectivity index (χ4n) is 1.83. The Labute approximate surface area is 154 Å². The summed E-state index contributed by atoms with van der Waals surface area (Å²) in [4.78, 5) is 0. The second-order valence-corrected chi connectivity index (χ2v) is 8.17. The van der Waals surface area contributed by atoms with Crippen molar-refractivity contribution in [2.45, 2.75) is 0 Å². The quantitative estimate of drug-likeness (QED) is 0.0951. The van der Waals surface area contributed by atoms with Crippen LogP contribution in [0.2, 0.25) is 5.02 Å². The van der Waals surface area contributed by atoms with E-state index in [0.29, 0.717) is 18.8 Å². The standard InChI is InChI=1S/C13H19ClFN7O3S/c1-16-26(2,24)18-6-5-17-12-11(21-25-22-12)13(20-23)19-8-3-4-10(15)9(14)7-8/h3-4,7,23,26H,5-6H2,1-2H3,(H,17,22)(H,19,20)(H2,16,18,24). The molecule has 1 aromatic carbocycles. The molecule has 0 aliphatic carbocycles. The first-order chi connectivity index (χ1) is 12.4. The Balaban J connectivity index is 2.02. The van der Waals surface area contributed by atoms with Crippen LogP contribution in [0.15, 0.2) is 28.0 Å². The maximum atomic E-state index is 13.2. The Hall–Kier alpha value is -2.28. The van der Waals surface area contributed by atoms with Crippen molar-refractivity contribution in [2.24, 2.45) is 5.16 Å². The normalized spacial score (nSPS) is 12.8. The molecule has 2 aromatic rings. The molecule has 5 N–H and O–H groups in total. The average Bonchev–Trinajstić information content (AvgIpc) is 3.08. The van der Waals surface area contributed by atoms with Crippen molar-refractivity contribution in [1.29, 1.82) is 0 Å². The number of oxime groups is 1. The Bertz CT molecular complexity index is 832. The summed E-state index contributed by atoms with van der Waals surface area (Å²) in [5.41, 5.74) is 0.474. The summed E-state index contributed by atoms with van der Waals surface area (Å²) in [6.45, 7) is 0.718. The Kier molecular flexibility index (Phi) is 6.85. The molecule has 0 amide bonds. The summed E-state index contributed by atoms with van der Waals surface area (Å²) in [6.07, 6.45) is 1.56. The Morgan fingerprint density at radius 1 is 1.42 bits per heavy atom. The summed E-state index contributed by atoms with van der Waals surface area (Å²) in [7, 11) is -0.995. The lowest BCUT2D eigenvalue weighted by atomic mass is 10.3. The number of hydrogen-bond donors (Lipinski definition) is 6. The van der Waals surface area contributed by atoms with Gasteiger partial charge in [-0.15, -0.1) is 0 Å². The fraction of sp³-hybridized carbons (Fsp3) is 0.308. The molecule has 2 rings (SSSR count). The van der Waals surface area contributed by atoms with Gasteiger partial charge in [0.15, 0.2) is 5.69 Å². The SMILES string of the molecule is CN[SH](C)(=O)NCCNc1nonc1/C(=N/O)Nc1ccc(F)c(Cl)c1. The van der Waals surface area contributed by atoms with Crippen LogP contribution in [0.5, 0.6) is 0 Å². The lowest BCUT2D eigenvalue weighted by molar-refractivity contribution is 0.305. The van der Waals surface area contributed by atoms with Crippen molar-refractivity contribution in [1.82, 2.24) is 19.8 Å². The van der Waals surface area contributed by atoms with Crippen LogP contribution in [-0.4, -0.2) is 52.0 Å². The van der Waals surface area contributed by atoms with Gasteiger partial charge in [0.1, 0.15) is 5.82 Å². The van der Waals surface area contributed by atoms with E-state index in [-0.39, 0.29) is 22.4 Å². The van der Waals surface area contributed by atoms with Crippen LogP contribution >= 0.6 is 11.6 Å². The zero-order valence-corrected chi connectivity index (χ0v) is 15.6. The van der Waals surface area contributed by atoms with Gasteiger partial charge >= 0.3 is 0 Å². The van der Waals surface area contributed by atoms with Crippen LogP contribution in [0.3, 0.4) is 0 Å². The van der Waals surface area contributed by atoms with Crippen LogP contribution in [-0.2, 0) is 10.3 Å². The highest BCUT2D eigenvalue weighted by molar-refractivity contribution is 7.98. The number of benzene rings is 1. The molecule has 0 bridgehead atoms. The Morgan fingerprint density at radius 2 is 2.19 bits per heavy atom. The number of rotatable bonds is 8. The number of anilines is 2. The maximum absolute atomic E-state index is 13.2. The molecular formula is C13H19ClFN7O3S. The number of nitrogens with one attached hydrogen (secondary N) is 4. The number of aromatic nitrogens is 2. The highest BCUT2D eigenvalue weighted by Crippen LogP contribution is 2.20. The van der Waals surface area contributed by atoms with Gasteiger partial charge in [-0.1, -0.05) is 16.8 Å². The van der Waals surface area contributed by atoms with E-state index < -0.39 is 16.1 Å². The lowest BCUT2D eigenvalue weighted by Crippen LogP contribution is -2.42. The molecule has 10 nitrogen and oxygen atoms in total. The largest absolute Gasteiger partial charge is 0.409 e. The van der Waals surface area contributed by atoms with Crippen molar-refractivity contribution in [3.8, 4) is 0 Å². The number of hydrogen-bond acceptors (Lipinski definition) is 7. The van der Waals surface area contributed by atoms with Gasteiger partial charge in [-0.3, -0.25) is 8.93 Å². The fourth-order valence-corrected chi connectivity index (χ4v) is 2.71. The molecule has 1 aromatic heterocycles. The molecule has 144 valence electrons. The average molecular weight is 408 g/mol. The first-order valence-electron chi connectivity index (χ1n) is 7.39. The summed E-state index contributed by atoms with van der Waals surface area (Å²) >= 11 is 5.72. The highest BCUT2D eigenvalue weighted by Gasteiger charge is 2.18. The van der Waals surface area contributed by atoms with Gasteiger partial charge in [0.2, 0.25) is 11.7 Å². The molecule has 13 heteroatoms. The van der Waals surface area contributed by atoms with E-state index in [2.05, 4.69) is 40.2 Å². The molecule has 0 saturated carbocycles. The van der Waals surface area contributed by atoms with Gasteiger partial charge in [0.25, 0.3) is 0 Å². The first-order valence-corrected chi connectivity index (χ1v) is 9.92. The van der Waals surface area contributed by atoms with Gasteiger partial charge in [-0.05, 0) is 45.9 Å². The van der Waals surface area contributed by atoms with Gasteiger partial charge in [-0.25, -0.2) is 13.7 Å². The third-order valence-electron chi connectivity index (χ3n) is 3.25. The van der Waals surface area contributed by atoms with Gasteiger partial charge in [0, 0.05) is 25.0 Å². The number of halogens is 2. The van der Waals surface area contributed by atoms with Gasteiger partial charge < -0.3 is 15.8 Å². The zero-order chi connectivity index (χ0) is 19.2. The molecule has 1 heterocycles. The van der Waals surface area contributed by atoms with E-state index >= 15 is 0 Å². The van der Waals surface area contributed by atoms with Crippen LogP contribution in [0.4, 0.5) is 15.9 Å².